The maximum atomic E-state index is 11.2. The van der Waals surface area contributed by atoms with E-state index in [0.717, 1.165) is 37.0 Å². The maximum absolute atomic E-state index is 11.2. The van der Waals surface area contributed by atoms with E-state index in [4.69, 9.17) is 37.1 Å². The van der Waals surface area contributed by atoms with Crippen molar-refractivity contribution in [2.24, 2.45) is 4.99 Å². The first-order chi connectivity index (χ1) is 13.4. The molecule has 0 bridgehead atoms. The first-order valence-electron chi connectivity index (χ1n) is 9.36. The highest BCUT2D eigenvalue weighted by Gasteiger charge is 2.19. The number of carbonyl (C=O) groups excluding carboxylic acids is 1. The summed E-state index contributed by atoms with van der Waals surface area (Å²) in [6, 6.07) is 7.25. The zero-order valence-corrected chi connectivity index (χ0v) is 17.5. The molecule has 150 valence electrons. The highest BCUT2D eigenvalue weighted by molar-refractivity contribution is 6.37. The lowest BCUT2D eigenvalue weighted by atomic mass is 10.1. The Bertz CT molecular complexity index is 852. The van der Waals surface area contributed by atoms with Gasteiger partial charge in [0.15, 0.2) is 17.3 Å². The van der Waals surface area contributed by atoms with Gasteiger partial charge in [-0.1, -0.05) is 23.2 Å². The second-order valence-corrected chi connectivity index (χ2v) is 7.66. The van der Waals surface area contributed by atoms with Crippen LogP contribution in [0.5, 0.6) is 5.75 Å². The molecule has 1 aliphatic rings. The second-order valence-electron chi connectivity index (χ2n) is 6.84. The second kappa shape index (κ2) is 9.48. The summed E-state index contributed by atoms with van der Waals surface area (Å²) >= 11 is 12.7. The monoisotopic (exact) mass is 423 g/mol. The molecule has 1 aromatic carbocycles. The van der Waals surface area contributed by atoms with Crippen molar-refractivity contribution < 1.29 is 18.7 Å². The van der Waals surface area contributed by atoms with Crippen molar-refractivity contribution in [1.29, 1.82) is 0 Å². The van der Waals surface area contributed by atoms with Gasteiger partial charge in [-0.2, -0.15) is 0 Å². The van der Waals surface area contributed by atoms with Crippen LogP contribution in [0.3, 0.4) is 0 Å². The summed E-state index contributed by atoms with van der Waals surface area (Å²) in [5.74, 6) is 2.23. The van der Waals surface area contributed by atoms with E-state index in [2.05, 4.69) is 4.99 Å². The molecular weight excluding hydrogens is 401 g/mol. The van der Waals surface area contributed by atoms with Crippen LogP contribution in [0, 0.1) is 0 Å². The number of rotatable bonds is 9. The van der Waals surface area contributed by atoms with Gasteiger partial charge in [-0.25, -0.2) is 4.99 Å². The van der Waals surface area contributed by atoms with Crippen molar-refractivity contribution in [2.45, 2.75) is 45.6 Å². The van der Waals surface area contributed by atoms with Crippen molar-refractivity contribution in [3.63, 3.8) is 0 Å². The molecule has 3 rings (SSSR count). The minimum absolute atomic E-state index is 0.0551. The van der Waals surface area contributed by atoms with Crippen LogP contribution in [0.4, 0.5) is 0 Å². The Morgan fingerprint density at radius 2 is 1.96 bits per heavy atom. The predicted octanol–water partition coefficient (Wildman–Crippen LogP) is 5.75. The Hall–Kier alpha value is -1.98. The number of furan rings is 1. The van der Waals surface area contributed by atoms with E-state index < -0.39 is 0 Å². The smallest absolute Gasteiger partial charge is 0.216 e. The molecule has 0 amide bonds. The number of ether oxygens (including phenoxy) is 2. The third-order valence-electron chi connectivity index (χ3n) is 4.37. The van der Waals surface area contributed by atoms with Crippen LogP contribution in [0.2, 0.25) is 10.0 Å². The highest BCUT2D eigenvalue weighted by atomic mass is 35.5. The van der Waals surface area contributed by atoms with Crippen LogP contribution in [-0.4, -0.2) is 30.9 Å². The first kappa shape index (κ1) is 20.7. The summed E-state index contributed by atoms with van der Waals surface area (Å²) in [4.78, 5) is 15.6. The summed E-state index contributed by atoms with van der Waals surface area (Å²) in [6.45, 7) is 4.57. The van der Waals surface area contributed by atoms with E-state index in [-0.39, 0.29) is 11.8 Å². The van der Waals surface area contributed by atoms with Gasteiger partial charge in [-0.3, -0.25) is 4.79 Å². The number of nitrogens with zero attached hydrogens (tertiary/aromatic N) is 1. The molecule has 28 heavy (non-hydrogen) atoms. The normalized spacial score (nSPS) is 16.0. The molecule has 1 aliphatic heterocycles. The standard InChI is InChI=1S/C21H23Cl2NO4/c1-13-12-27-21(24-13)15-10-17(22)20(18(23)11-15)26-9-5-3-4-6-16-7-8-19(28-16)14(2)25/h7-8,10-11,13H,3-6,9,12H2,1-2H3. The molecule has 0 aliphatic carbocycles. The average Bonchev–Trinajstić information content (AvgIpc) is 3.29. The van der Waals surface area contributed by atoms with E-state index in [9.17, 15) is 4.79 Å². The number of unbranched alkanes of at least 4 members (excludes halogenated alkanes) is 2. The Balaban J connectivity index is 1.44. The van der Waals surface area contributed by atoms with E-state index >= 15 is 0 Å². The molecule has 5 nitrogen and oxygen atoms in total. The van der Waals surface area contributed by atoms with Gasteiger partial charge < -0.3 is 13.9 Å². The molecule has 0 N–H and O–H groups in total. The molecule has 2 aromatic rings. The molecule has 0 radical (unpaired) electrons. The minimum atomic E-state index is -0.0551. The largest absolute Gasteiger partial charge is 0.490 e. The fraction of sp³-hybridized carbons (Fsp3) is 0.429. The number of aryl methyl sites for hydroxylation is 1. The number of aliphatic imine (C=N–C) groups is 1. The number of halogens is 2. The molecule has 2 heterocycles. The van der Waals surface area contributed by atoms with E-state index in [1.54, 1.807) is 18.2 Å². The third-order valence-corrected chi connectivity index (χ3v) is 4.93. The van der Waals surface area contributed by atoms with Crippen LogP contribution in [-0.2, 0) is 11.2 Å². The lowest BCUT2D eigenvalue weighted by Gasteiger charge is -2.12. The maximum Gasteiger partial charge on any atom is 0.216 e. The van der Waals surface area contributed by atoms with E-state index in [1.807, 2.05) is 13.0 Å². The van der Waals surface area contributed by atoms with E-state index in [0.29, 0.717) is 40.7 Å². The van der Waals surface area contributed by atoms with Gasteiger partial charge in [-0.15, -0.1) is 0 Å². The molecule has 0 saturated carbocycles. The summed E-state index contributed by atoms with van der Waals surface area (Å²) in [6.07, 6.45) is 3.57. The number of hydrogen-bond donors (Lipinski definition) is 0. The van der Waals surface area contributed by atoms with Gasteiger partial charge in [0.1, 0.15) is 12.4 Å². The van der Waals surface area contributed by atoms with Crippen molar-refractivity contribution in [1.82, 2.24) is 0 Å². The van der Waals surface area contributed by atoms with E-state index in [1.165, 1.54) is 6.92 Å². The van der Waals surface area contributed by atoms with Crippen molar-refractivity contribution in [3.8, 4) is 5.75 Å². The fourth-order valence-electron chi connectivity index (χ4n) is 2.91. The predicted molar refractivity (Wildman–Crippen MR) is 110 cm³/mol. The van der Waals surface area contributed by atoms with Gasteiger partial charge in [0.05, 0.1) is 22.7 Å². The number of Topliss-reactive ketones (excluding diaryl/α,β-unsaturated/α-hetero) is 1. The van der Waals surface area contributed by atoms with Gasteiger partial charge in [-0.05, 0) is 50.5 Å². The van der Waals surface area contributed by atoms with Crippen molar-refractivity contribution in [2.75, 3.05) is 13.2 Å². The average molecular weight is 424 g/mol. The Morgan fingerprint density at radius 3 is 2.57 bits per heavy atom. The molecule has 1 atom stereocenters. The quantitative estimate of drug-likeness (QED) is 0.380. The Morgan fingerprint density at radius 1 is 1.21 bits per heavy atom. The van der Waals surface area contributed by atoms with Gasteiger partial charge >= 0.3 is 0 Å². The van der Waals surface area contributed by atoms with Crippen LogP contribution >= 0.6 is 23.2 Å². The zero-order valence-electron chi connectivity index (χ0n) is 16.0. The van der Waals surface area contributed by atoms with Gasteiger partial charge in [0.25, 0.3) is 0 Å². The summed E-state index contributed by atoms with van der Waals surface area (Å²) < 4.78 is 16.8. The minimum Gasteiger partial charge on any atom is -0.490 e. The van der Waals surface area contributed by atoms with Crippen LogP contribution in [0.15, 0.2) is 33.7 Å². The lowest BCUT2D eigenvalue weighted by molar-refractivity contribution is 0.0985. The molecule has 0 fully saturated rings. The molecule has 1 unspecified atom stereocenters. The first-order valence-corrected chi connectivity index (χ1v) is 10.1. The summed E-state index contributed by atoms with van der Waals surface area (Å²) in [5, 5.41) is 0.890. The number of carbonyl (C=O) groups is 1. The van der Waals surface area contributed by atoms with Gasteiger partial charge in [0.2, 0.25) is 5.90 Å². The van der Waals surface area contributed by atoms with Crippen LogP contribution in [0.25, 0.3) is 0 Å². The summed E-state index contributed by atoms with van der Waals surface area (Å²) in [7, 11) is 0. The summed E-state index contributed by atoms with van der Waals surface area (Å²) in [5.41, 5.74) is 0.759. The lowest BCUT2D eigenvalue weighted by Crippen LogP contribution is -2.04. The molecule has 0 saturated heterocycles. The van der Waals surface area contributed by atoms with Crippen molar-refractivity contribution in [3.05, 3.63) is 51.4 Å². The Kier molecular flexibility index (Phi) is 7.03. The molecular formula is C21H23Cl2NO4. The zero-order chi connectivity index (χ0) is 20.1. The van der Waals surface area contributed by atoms with Crippen LogP contribution in [0.1, 0.15) is 55.0 Å². The van der Waals surface area contributed by atoms with Crippen molar-refractivity contribution >= 4 is 34.9 Å². The van der Waals surface area contributed by atoms with Crippen LogP contribution < -0.4 is 4.74 Å². The number of ketones is 1. The van der Waals surface area contributed by atoms with Gasteiger partial charge in [0, 0.05) is 18.9 Å². The number of hydrogen-bond acceptors (Lipinski definition) is 5. The highest BCUT2D eigenvalue weighted by Crippen LogP contribution is 2.35. The molecule has 0 spiro atoms. The molecule has 1 aromatic heterocycles. The fourth-order valence-corrected chi connectivity index (χ4v) is 3.50. The molecule has 7 heteroatoms. The topological polar surface area (TPSA) is 61.0 Å². The third kappa shape index (κ3) is 5.30. The SMILES string of the molecule is CC(=O)c1ccc(CCCCCOc2c(Cl)cc(C3=NC(C)CO3)cc2Cl)o1. The Labute approximate surface area is 174 Å². The number of benzene rings is 1.